The van der Waals surface area contributed by atoms with Gasteiger partial charge in [-0.1, -0.05) is 12.1 Å². The summed E-state index contributed by atoms with van der Waals surface area (Å²) < 4.78 is 30.0. The monoisotopic (exact) mass is 527 g/mol. The van der Waals surface area contributed by atoms with Crippen LogP contribution in [0.1, 0.15) is 41.1 Å². The topological polar surface area (TPSA) is 81.9 Å². The van der Waals surface area contributed by atoms with Crippen molar-refractivity contribution in [2.75, 3.05) is 37.6 Å². The van der Waals surface area contributed by atoms with Gasteiger partial charge < -0.3 is 19.8 Å². The fourth-order valence-electron chi connectivity index (χ4n) is 6.82. The number of fused-ring (bicyclic) bond motifs is 3. The lowest BCUT2D eigenvalue weighted by Gasteiger charge is -2.42. The number of hydrogen-bond acceptors (Lipinski definition) is 5. The molecule has 0 radical (unpaired) electrons. The van der Waals surface area contributed by atoms with Crippen molar-refractivity contribution in [1.82, 2.24) is 19.6 Å². The van der Waals surface area contributed by atoms with Crippen LogP contribution < -0.4 is 4.90 Å². The summed E-state index contributed by atoms with van der Waals surface area (Å²) in [6.45, 7) is 5.95. The van der Waals surface area contributed by atoms with Gasteiger partial charge in [-0.2, -0.15) is 5.10 Å². The highest BCUT2D eigenvalue weighted by molar-refractivity contribution is 5.85. The molecule has 38 heavy (non-hydrogen) atoms. The van der Waals surface area contributed by atoms with Gasteiger partial charge in [0.25, 0.3) is 6.43 Å². The molecule has 6 rings (SSSR count). The number of piperazine rings is 1. The number of aliphatic hydroxyl groups is 1. The number of hydrogen-bond donors (Lipinski definition) is 1. The second-order valence-corrected chi connectivity index (χ2v) is 11.3. The molecule has 204 valence electrons. The number of benzene rings is 1. The van der Waals surface area contributed by atoms with E-state index in [1.165, 1.54) is 4.90 Å². The van der Waals surface area contributed by atoms with Crippen LogP contribution in [-0.2, 0) is 22.6 Å². The minimum Gasteiger partial charge on any atom is -0.393 e. The number of aliphatic hydroxyl groups excluding tert-OH is 1. The lowest BCUT2D eigenvalue weighted by Crippen LogP contribution is -2.58. The van der Waals surface area contributed by atoms with E-state index in [-0.39, 0.29) is 55.3 Å². The van der Waals surface area contributed by atoms with Crippen molar-refractivity contribution < 1.29 is 23.5 Å². The van der Waals surface area contributed by atoms with Crippen LogP contribution in [0.3, 0.4) is 0 Å². The Balaban J connectivity index is 1.11. The minimum absolute atomic E-state index is 0.0486. The summed E-state index contributed by atoms with van der Waals surface area (Å²) in [4.78, 5) is 31.5. The quantitative estimate of drug-likeness (QED) is 0.646. The Morgan fingerprint density at radius 3 is 2.63 bits per heavy atom. The van der Waals surface area contributed by atoms with Crippen molar-refractivity contribution in [3.63, 3.8) is 0 Å². The number of halogens is 2. The summed E-state index contributed by atoms with van der Waals surface area (Å²) in [6, 6.07) is 4.71. The molecule has 1 aromatic carbocycles. The predicted molar refractivity (Wildman–Crippen MR) is 137 cm³/mol. The Labute approximate surface area is 221 Å². The second kappa shape index (κ2) is 9.63. The van der Waals surface area contributed by atoms with Gasteiger partial charge in [0.05, 0.1) is 12.3 Å². The van der Waals surface area contributed by atoms with Crippen LogP contribution in [0.25, 0.3) is 0 Å². The molecular formula is C28H35F2N5O3. The van der Waals surface area contributed by atoms with Crippen molar-refractivity contribution >= 4 is 17.5 Å². The van der Waals surface area contributed by atoms with Crippen LogP contribution in [0.4, 0.5) is 14.5 Å². The number of aromatic nitrogens is 2. The lowest BCUT2D eigenvalue weighted by molar-refractivity contribution is -0.139. The van der Waals surface area contributed by atoms with Crippen molar-refractivity contribution in [2.45, 2.75) is 64.1 Å². The van der Waals surface area contributed by atoms with E-state index in [0.717, 1.165) is 28.1 Å². The molecule has 4 aliphatic rings. The minimum atomic E-state index is -2.65. The third-order valence-corrected chi connectivity index (χ3v) is 9.23. The first-order valence-electron chi connectivity index (χ1n) is 13.6. The van der Waals surface area contributed by atoms with Gasteiger partial charge in [0.1, 0.15) is 12.6 Å². The van der Waals surface area contributed by atoms with Gasteiger partial charge in [-0.15, -0.1) is 0 Å². The maximum Gasteiger partial charge on any atom is 0.260 e. The van der Waals surface area contributed by atoms with E-state index in [2.05, 4.69) is 5.10 Å². The SMILES string of the molecule is Cc1cccc(N2CCN(C(=O)Cn3ncc4c3C[C@H]3C(C(=O)N5CCC(O)CC5)[C@H]43)C(C(F)F)C2)c1C. The van der Waals surface area contributed by atoms with E-state index in [0.29, 0.717) is 38.9 Å². The van der Waals surface area contributed by atoms with Crippen molar-refractivity contribution in [3.05, 3.63) is 46.8 Å². The molecule has 3 heterocycles. The number of alkyl halides is 2. The molecule has 1 aromatic heterocycles. The van der Waals surface area contributed by atoms with Crippen molar-refractivity contribution in [2.24, 2.45) is 11.8 Å². The van der Waals surface area contributed by atoms with E-state index in [4.69, 9.17) is 0 Å². The first-order valence-corrected chi connectivity index (χ1v) is 13.6. The van der Waals surface area contributed by atoms with Crippen LogP contribution >= 0.6 is 0 Å². The van der Waals surface area contributed by atoms with Gasteiger partial charge in [-0.3, -0.25) is 14.3 Å². The maximum atomic E-state index is 14.2. The van der Waals surface area contributed by atoms with Crippen LogP contribution in [0.5, 0.6) is 0 Å². The summed E-state index contributed by atoms with van der Waals surface area (Å²) >= 11 is 0. The summed E-state index contributed by atoms with van der Waals surface area (Å²) in [5, 5.41) is 14.2. The Hall–Kier alpha value is -3.01. The zero-order valence-corrected chi connectivity index (χ0v) is 21.9. The van der Waals surface area contributed by atoms with Crippen molar-refractivity contribution in [1.29, 1.82) is 0 Å². The molecular weight excluding hydrogens is 492 g/mol. The molecule has 2 saturated heterocycles. The van der Waals surface area contributed by atoms with Crippen LogP contribution in [0.15, 0.2) is 24.4 Å². The number of piperidine rings is 1. The van der Waals surface area contributed by atoms with E-state index >= 15 is 0 Å². The molecule has 2 amide bonds. The molecule has 8 nitrogen and oxygen atoms in total. The van der Waals surface area contributed by atoms with Crippen LogP contribution in [0, 0.1) is 25.7 Å². The second-order valence-electron chi connectivity index (χ2n) is 11.3. The van der Waals surface area contributed by atoms with E-state index < -0.39 is 12.5 Å². The number of carbonyl (C=O) groups is 2. The van der Waals surface area contributed by atoms with Gasteiger partial charge in [0.2, 0.25) is 11.8 Å². The smallest absolute Gasteiger partial charge is 0.260 e. The van der Waals surface area contributed by atoms with Crippen molar-refractivity contribution in [3.8, 4) is 0 Å². The Morgan fingerprint density at radius 1 is 1.13 bits per heavy atom. The average Bonchev–Trinajstić information content (AvgIpc) is 3.26. The summed E-state index contributed by atoms with van der Waals surface area (Å²) in [6.07, 6.45) is 0.710. The molecule has 3 fully saturated rings. The molecule has 0 bridgehead atoms. The molecule has 10 heteroatoms. The third kappa shape index (κ3) is 4.26. The van der Waals surface area contributed by atoms with Crippen LogP contribution in [-0.4, -0.2) is 87.8 Å². The number of likely N-dealkylation sites (tertiary alicyclic amines) is 1. The molecule has 2 aliphatic heterocycles. The Morgan fingerprint density at radius 2 is 1.89 bits per heavy atom. The number of nitrogens with zero attached hydrogens (tertiary/aromatic N) is 5. The molecule has 2 aliphatic carbocycles. The van der Waals surface area contributed by atoms with Gasteiger partial charge in [0.15, 0.2) is 0 Å². The fraction of sp³-hybridized carbons (Fsp3) is 0.607. The Kier molecular flexibility index (Phi) is 6.40. The number of anilines is 1. The maximum absolute atomic E-state index is 14.2. The third-order valence-electron chi connectivity index (χ3n) is 9.23. The normalized spacial score (nSPS) is 27.1. The highest BCUT2D eigenvalue weighted by atomic mass is 19.3. The van der Waals surface area contributed by atoms with Gasteiger partial charge in [-0.25, -0.2) is 8.78 Å². The molecule has 1 N–H and O–H groups in total. The fourth-order valence-corrected chi connectivity index (χ4v) is 6.82. The number of amides is 2. The summed E-state index contributed by atoms with van der Waals surface area (Å²) in [5.41, 5.74) is 5.09. The molecule has 2 unspecified atom stereocenters. The highest BCUT2D eigenvalue weighted by Gasteiger charge is 2.61. The van der Waals surface area contributed by atoms with Gasteiger partial charge >= 0.3 is 0 Å². The lowest BCUT2D eigenvalue weighted by atomic mass is 10.0. The summed E-state index contributed by atoms with van der Waals surface area (Å²) in [5.74, 6) is 0.110. The first kappa shape index (κ1) is 25.3. The highest BCUT2D eigenvalue weighted by Crippen LogP contribution is 2.62. The van der Waals surface area contributed by atoms with E-state index in [1.54, 1.807) is 10.9 Å². The van der Waals surface area contributed by atoms with E-state index in [9.17, 15) is 23.5 Å². The average molecular weight is 528 g/mol. The zero-order chi connectivity index (χ0) is 26.7. The molecule has 4 atom stereocenters. The molecule has 1 saturated carbocycles. The first-order chi connectivity index (χ1) is 18.2. The van der Waals surface area contributed by atoms with Gasteiger partial charge in [0, 0.05) is 55.9 Å². The predicted octanol–water partition coefficient (Wildman–Crippen LogP) is 2.35. The van der Waals surface area contributed by atoms with E-state index in [1.807, 2.05) is 41.8 Å². The largest absolute Gasteiger partial charge is 0.393 e. The summed E-state index contributed by atoms with van der Waals surface area (Å²) in [7, 11) is 0. The number of aryl methyl sites for hydroxylation is 1. The van der Waals surface area contributed by atoms with Crippen LogP contribution in [0.2, 0.25) is 0 Å². The molecule has 0 spiro atoms. The standard InChI is InChI=1S/C28H35F2N5O3/c1-16-4-3-5-21(17(16)2)33-10-11-34(23(14-33)27(29)30)24(37)15-35-22-12-19-25(20(22)13-31-35)26(19)28(38)32-8-6-18(36)7-9-32/h3-5,13,18-19,23,25-27,36H,6-12,14-15H2,1-2H3/t19-,23?,25+,26?/m1/s1. The number of carbonyl (C=O) groups excluding carboxylic acids is 2. The Bertz CT molecular complexity index is 1240. The zero-order valence-electron chi connectivity index (χ0n) is 21.9. The molecule has 2 aromatic rings. The van der Waals surface area contributed by atoms with Gasteiger partial charge in [-0.05, 0) is 61.8 Å². The number of rotatable bonds is 5.